The first-order chi connectivity index (χ1) is 12.7. The van der Waals surface area contributed by atoms with E-state index in [4.69, 9.17) is 4.42 Å². The van der Waals surface area contributed by atoms with E-state index in [0.717, 1.165) is 36.0 Å². The Balaban J connectivity index is 1.32. The van der Waals surface area contributed by atoms with Crippen LogP contribution in [0.5, 0.6) is 0 Å². The Kier molecular flexibility index (Phi) is 5.07. The number of oxazole rings is 1. The largest absolute Gasteiger partial charge is 0.440 e. The van der Waals surface area contributed by atoms with Gasteiger partial charge in [0.1, 0.15) is 0 Å². The Labute approximate surface area is 154 Å². The van der Waals surface area contributed by atoms with Crippen LogP contribution in [-0.4, -0.2) is 24.0 Å². The number of aromatic nitrogens is 1. The van der Waals surface area contributed by atoms with Gasteiger partial charge < -0.3 is 15.1 Å². The summed E-state index contributed by atoms with van der Waals surface area (Å²) in [5.74, 6) is 3.33. The average Bonchev–Trinajstić information content (AvgIpc) is 3.40. The second kappa shape index (κ2) is 7.62. The van der Waals surface area contributed by atoms with Gasteiger partial charge in [0.2, 0.25) is 5.91 Å². The number of rotatable bonds is 6. The van der Waals surface area contributed by atoms with Crippen LogP contribution < -0.4 is 10.6 Å². The van der Waals surface area contributed by atoms with Gasteiger partial charge in [-0.2, -0.15) is 0 Å². The SMILES string of the molecule is CC(CC(=O)Nc1ccc(-c2cnc(C3CC3)o2)cc1)C1CCNCC1. The normalized spacial score (nSPS) is 19.3. The standard InChI is InChI=1S/C21H27N3O2/c1-14(15-8-10-22-11-9-15)12-20(25)24-18-6-4-16(5-7-18)19-13-23-21(26-19)17-2-3-17/h4-7,13-15,17,22H,2-3,8-12H2,1H3,(H,24,25). The van der Waals surface area contributed by atoms with Crippen molar-refractivity contribution in [3.8, 4) is 11.3 Å². The number of benzene rings is 1. The molecule has 2 N–H and O–H groups in total. The van der Waals surface area contributed by atoms with E-state index >= 15 is 0 Å². The molecule has 1 atom stereocenters. The molecule has 1 aliphatic carbocycles. The van der Waals surface area contributed by atoms with E-state index in [1.54, 1.807) is 6.20 Å². The number of carbonyl (C=O) groups excluding carboxylic acids is 1. The van der Waals surface area contributed by atoms with E-state index < -0.39 is 0 Å². The lowest BCUT2D eigenvalue weighted by Crippen LogP contribution is -2.32. The van der Waals surface area contributed by atoms with Crippen molar-refractivity contribution in [3.05, 3.63) is 36.4 Å². The van der Waals surface area contributed by atoms with Gasteiger partial charge >= 0.3 is 0 Å². The molecule has 1 saturated heterocycles. The van der Waals surface area contributed by atoms with Gasteiger partial charge in [-0.15, -0.1) is 0 Å². The van der Waals surface area contributed by atoms with Gasteiger partial charge in [-0.1, -0.05) is 6.92 Å². The summed E-state index contributed by atoms with van der Waals surface area (Å²) >= 11 is 0. The highest BCUT2D eigenvalue weighted by molar-refractivity contribution is 5.91. The van der Waals surface area contributed by atoms with Crippen LogP contribution in [0.2, 0.25) is 0 Å². The van der Waals surface area contributed by atoms with Crippen molar-refractivity contribution < 1.29 is 9.21 Å². The van der Waals surface area contributed by atoms with Crippen molar-refractivity contribution in [3.63, 3.8) is 0 Å². The molecule has 5 nitrogen and oxygen atoms in total. The van der Waals surface area contributed by atoms with Crippen LogP contribution in [-0.2, 0) is 4.79 Å². The average molecular weight is 353 g/mol. The maximum atomic E-state index is 12.4. The predicted molar refractivity (Wildman–Crippen MR) is 102 cm³/mol. The minimum atomic E-state index is 0.0967. The van der Waals surface area contributed by atoms with Gasteiger partial charge in [-0.25, -0.2) is 4.98 Å². The molecule has 4 rings (SSSR count). The predicted octanol–water partition coefficient (Wildman–Crippen LogP) is 4.18. The van der Waals surface area contributed by atoms with Crippen molar-refractivity contribution in [1.82, 2.24) is 10.3 Å². The van der Waals surface area contributed by atoms with Crippen molar-refractivity contribution in [1.29, 1.82) is 0 Å². The van der Waals surface area contributed by atoms with Gasteiger partial charge in [0.05, 0.1) is 6.20 Å². The highest BCUT2D eigenvalue weighted by atomic mass is 16.4. The molecule has 2 heterocycles. The number of hydrogen-bond acceptors (Lipinski definition) is 4. The molecule has 0 radical (unpaired) electrons. The van der Waals surface area contributed by atoms with E-state index in [1.807, 2.05) is 24.3 Å². The van der Waals surface area contributed by atoms with Crippen LogP contribution in [0.25, 0.3) is 11.3 Å². The number of anilines is 1. The molecule has 0 spiro atoms. The van der Waals surface area contributed by atoms with E-state index in [0.29, 0.717) is 24.2 Å². The first-order valence-electron chi connectivity index (χ1n) is 9.76. The zero-order chi connectivity index (χ0) is 17.9. The third-order valence-electron chi connectivity index (χ3n) is 5.60. The van der Waals surface area contributed by atoms with Gasteiger partial charge in [0, 0.05) is 23.6 Å². The smallest absolute Gasteiger partial charge is 0.224 e. The third kappa shape index (κ3) is 4.15. The fourth-order valence-electron chi connectivity index (χ4n) is 3.74. The molecule has 1 saturated carbocycles. The summed E-state index contributed by atoms with van der Waals surface area (Å²) < 4.78 is 5.83. The Hall–Kier alpha value is -2.14. The molecule has 2 fully saturated rings. The summed E-state index contributed by atoms with van der Waals surface area (Å²) in [7, 11) is 0. The monoisotopic (exact) mass is 353 g/mol. The lowest BCUT2D eigenvalue weighted by molar-refractivity contribution is -0.117. The quantitative estimate of drug-likeness (QED) is 0.817. The maximum absolute atomic E-state index is 12.4. The minimum Gasteiger partial charge on any atom is -0.440 e. The summed E-state index contributed by atoms with van der Waals surface area (Å²) in [6, 6.07) is 7.82. The molecule has 1 aromatic heterocycles. The Bertz CT molecular complexity index is 743. The number of carbonyl (C=O) groups is 1. The van der Waals surface area contributed by atoms with Crippen LogP contribution in [0.1, 0.15) is 50.8 Å². The van der Waals surface area contributed by atoms with Gasteiger partial charge in [0.25, 0.3) is 0 Å². The highest BCUT2D eigenvalue weighted by Gasteiger charge is 2.28. The maximum Gasteiger partial charge on any atom is 0.224 e. The lowest BCUT2D eigenvalue weighted by Gasteiger charge is -2.27. The topological polar surface area (TPSA) is 67.2 Å². The molecule has 0 bridgehead atoms. The first kappa shape index (κ1) is 17.3. The minimum absolute atomic E-state index is 0.0967. The summed E-state index contributed by atoms with van der Waals surface area (Å²) in [5, 5.41) is 6.40. The van der Waals surface area contributed by atoms with E-state index in [1.165, 1.54) is 25.7 Å². The van der Waals surface area contributed by atoms with E-state index in [9.17, 15) is 4.79 Å². The van der Waals surface area contributed by atoms with Gasteiger partial charge in [-0.3, -0.25) is 4.79 Å². The third-order valence-corrected chi connectivity index (χ3v) is 5.60. The van der Waals surface area contributed by atoms with Crippen LogP contribution >= 0.6 is 0 Å². The second-order valence-electron chi connectivity index (χ2n) is 7.73. The molecular weight excluding hydrogens is 326 g/mol. The molecule has 2 aromatic rings. The van der Waals surface area contributed by atoms with Crippen molar-refractivity contribution in [2.24, 2.45) is 11.8 Å². The van der Waals surface area contributed by atoms with Crippen LogP contribution in [0, 0.1) is 11.8 Å². The number of piperidine rings is 1. The highest BCUT2D eigenvalue weighted by Crippen LogP contribution is 2.40. The first-order valence-corrected chi connectivity index (χ1v) is 9.76. The van der Waals surface area contributed by atoms with Gasteiger partial charge in [-0.05, 0) is 74.9 Å². The van der Waals surface area contributed by atoms with Crippen molar-refractivity contribution >= 4 is 11.6 Å². The van der Waals surface area contributed by atoms with E-state index in [-0.39, 0.29) is 5.91 Å². The second-order valence-corrected chi connectivity index (χ2v) is 7.73. The van der Waals surface area contributed by atoms with Crippen LogP contribution in [0.15, 0.2) is 34.9 Å². The zero-order valence-corrected chi connectivity index (χ0v) is 15.3. The Morgan fingerprint density at radius 1 is 1.23 bits per heavy atom. The number of nitrogens with zero attached hydrogens (tertiary/aromatic N) is 1. The van der Waals surface area contributed by atoms with Crippen LogP contribution in [0.3, 0.4) is 0 Å². The molecule has 1 amide bonds. The molecule has 2 aliphatic rings. The molecule has 5 heteroatoms. The molecule has 138 valence electrons. The molecule has 1 aromatic carbocycles. The molecular formula is C21H27N3O2. The number of amides is 1. The van der Waals surface area contributed by atoms with Crippen molar-refractivity contribution in [2.75, 3.05) is 18.4 Å². The summed E-state index contributed by atoms with van der Waals surface area (Å²) in [5.41, 5.74) is 1.82. The van der Waals surface area contributed by atoms with E-state index in [2.05, 4.69) is 22.5 Å². The Morgan fingerprint density at radius 2 is 1.96 bits per heavy atom. The fourth-order valence-corrected chi connectivity index (χ4v) is 3.74. The molecule has 1 aliphatic heterocycles. The van der Waals surface area contributed by atoms with Crippen LogP contribution in [0.4, 0.5) is 5.69 Å². The Morgan fingerprint density at radius 3 is 2.65 bits per heavy atom. The molecule has 26 heavy (non-hydrogen) atoms. The zero-order valence-electron chi connectivity index (χ0n) is 15.3. The molecule has 1 unspecified atom stereocenters. The summed E-state index contributed by atoms with van der Waals surface area (Å²) in [4.78, 5) is 16.7. The fraction of sp³-hybridized carbons (Fsp3) is 0.524. The summed E-state index contributed by atoms with van der Waals surface area (Å²) in [6.45, 7) is 4.34. The number of hydrogen-bond donors (Lipinski definition) is 2. The lowest BCUT2D eigenvalue weighted by atomic mass is 9.84. The van der Waals surface area contributed by atoms with Crippen molar-refractivity contribution in [2.45, 2.75) is 44.9 Å². The number of nitrogens with one attached hydrogen (secondary N) is 2. The summed E-state index contributed by atoms with van der Waals surface area (Å²) in [6.07, 6.45) is 7.08. The van der Waals surface area contributed by atoms with Gasteiger partial charge in [0.15, 0.2) is 11.7 Å².